The summed E-state index contributed by atoms with van der Waals surface area (Å²) in [4.78, 5) is 10.9. The molecule has 0 aliphatic carbocycles. The van der Waals surface area contributed by atoms with Crippen LogP contribution >= 0.6 is 0 Å². The first-order chi connectivity index (χ1) is 7.81. The standard InChI is InChI=1S/C14H25O2/c1-3-5-6-7-8-9-10-11-13-16-14(15)12-4-2/h4,12H,1,3,5-11,13H2,2H3. The number of allylic oxidation sites excluding steroid dienone is 1. The minimum Gasteiger partial charge on any atom is -0.463 e. The molecule has 0 spiro atoms. The molecule has 0 atom stereocenters. The van der Waals surface area contributed by atoms with E-state index in [0.717, 1.165) is 19.3 Å². The molecule has 2 heteroatoms. The van der Waals surface area contributed by atoms with Gasteiger partial charge in [0, 0.05) is 6.08 Å². The molecule has 0 amide bonds. The summed E-state index contributed by atoms with van der Waals surface area (Å²) >= 11 is 0. The second-order valence-corrected chi connectivity index (χ2v) is 4.00. The summed E-state index contributed by atoms with van der Waals surface area (Å²) < 4.78 is 4.99. The van der Waals surface area contributed by atoms with Crippen molar-refractivity contribution in [1.82, 2.24) is 0 Å². The van der Waals surface area contributed by atoms with E-state index in [0.29, 0.717) is 6.61 Å². The van der Waals surface area contributed by atoms with Crippen LogP contribution in [-0.4, -0.2) is 12.6 Å². The minimum absolute atomic E-state index is 0.224. The maximum atomic E-state index is 10.9. The Morgan fingerprint density at radius 2 is 1.62 bits per heavy atom. The Bertz CT molecular complexity index is 185. The molecule has 0 heterocycles. The third kappa shape index (κ3) is 11.3. The summed E-state index contributed by atoms with van der Waals surface area (Å²) in [5.41, 5.74) is 0. The van der Waals surface area contributed by atoms with E-state index in [1.54, 1.807) is 6.08 Å². The number of ether oxygens (including phenoxy) is 1. The van der Waals surface area contributed by atoms with Gasteiger partial charge in [-0.15, -0.1) is 0 Å². The van der Waals surface area contributed by atoms with Crippen LogP contribution in [0.15, 0.2) is 12.2 Å². The normalized spacial score (nSPS) is 10.9. The van der Waals surface area contributed by atoms with Gasteiger partial charge in [-0.1, -0.05) is 57.9 Å². The van der Waals surface area contributed by atoms with E-state index in [9.17, 15) is 4.79 Å². The molecule has 0 aromatic rings. The lowest BCUT2D eigenvalue weighted by Gasteiger charge is -2.02. The monoisotopic (exact) mass is 225 g/mol. The van der Waals surface area contributed by atoms with Crippen molar-refractivity contribution in [1.29, 1.82) is 0 Å². The van der Waals surface area contributed by atoms with Crippen molar-refractivity contribution in [2.24, 2.45) is 0 Å². The zero-order valence-electron chi connectivity index (χ0n) is 10.5. The fraction of sp³-hybridized carbons (Fsp3) is 0.714. The number of unbranched alkanes of at least 4 members (excludes halogenated alkanes) is 7. The SMILES string of the molecule is [CH2]CCCCCCCCCOC(=O)C=CC. The molecule has 0 aromatic heterocycles. The van der Waals surface area contributed by atoms with Gasteiger partial charge >= 0.3 is 5.97 Å². The molecule has 0 fully saturated rings. The molecule has 0 saturated carbocycles. The van der Waals surface area contributed by atoms with Gasteiger partial charge in [0.2, 0.25) is 0 Å². The van der Waals surface area contributed by atoms with Gasteiger partial charge in [0.1, 0.15) is 0 Å². The van der Waals surface area contributed by atoms with E-state index in [-0.39, 0.29) is 5.97 Å². The molecule has 0 saturated heterocycles. The van der Waals surface area contributed by atoms with Crippen molar-refractivity contribution in [2.45, 2.75) is 58.3 Å². The summed E-state index contributed by atoms with van der Waals surface area (Å²) in [5.74, 6) is -0.224. The van der Waals surface area contributed by atoms with E-state index in [1.807, 2.05) is 6.92 Å². The van der Waals surface area contributed by atoms with Crippen molar-refractivity contribution < 1.29 is 9.53 Å². The van der Waals surface area contributed by atoms with Crippen LogP contribution in [0, 0.1) is 6.92 Å². The maximum absolute atomic E-state index is 10.9. The van der Waals surface area contributed by atoms with Crippen LogP contribution < -0.4 is 0 Å². The highest BCUT2D eigenvalue weighted by atomic mass is 16.5. The average molecular weight is 225 g/mol. The lowest BCUT2D eigenvalue weighted by Crippen LogP contribution is -2.01. The van der Waals surface area contributed by atoms with E-state index in [1.165, 1.54) is 38.2 Å². The molecular weight excluding hydrogens is 200 g/mol. The summed E-state index contributed by atoms with van der Waals surface area (Å²) in [6, 6.07) is 0. The van der Waals surface area contributed by atoms with Gasteiger partial charge in [-0.3, -0.25) is 0 Å². The summed E-state index contributed by atoms with van der Waals surface area (Å²) in [5, 5.41) is 0. The molecule has 0 N–H and O–H groups in total. The molecule has 0 aliphatic rings. The topological polar surface area (TPSA) is 26.3 Å². The molecule has 0 bridgehead atoms. The second kappa shape index (κ2) is 12.3. The van der Waals surface area contributed by atoms with E-state index in [2.05, 4.69) is 6.92 Å². The zero-order chi connectivity index (χ0) is 12.1. The predicted molar refractivity (Wildman–Crippen MR) is 68.1 cm³/mol. The second-order valence-electron chi connectivity index (χ2n) is 4.00. The first-order valence-electron chi connectivity index (χ1n) is 6.40. The Morgan fingerprint density at radius 3 is 2.19 bits per heavy atom. The van der Waals surface area contributed by atoms with E-state index in [4.69, 9.17) is 4.74 Å². The Balaban J connectivity index is 3.07. The molecule has 1 radical (unpaired) electrons. The van der Waals surface area contributed by atoms with Crippen molar-refractivity contribution in [3.63, 3.8) is 0 Å². The molecule has 2 nitrogen and oxygen atoms in total. The van der Waals surface area contributed by atoms with Gasteiger partial charge in [-0.2, -0.15) is 0 Å². The largest absolute Gasteiger partial charge is 0.463 e. The molecule has 93 valence electrons. The average Bonchev–Trinajstić information content (AvgIpc) is 2.27. The van der Waals surface area contributed by atoms with Crippen LogP contribution in [-0.2, 0) is 9.53 Å². The fourth-order valence-electron chi connectivity index (χ4n) is 1.52. The third-order valence-electron chi connectivity index (χ3n) is 2.44. The molecule has 0 aromatic carbocycles. The third-order valence-corrected chi connectivity index (χ3v) is 2.44. The number of rotatable bonds is 10. The molecular formula is C14H25O2. The number of hydrogen-bond acceptors (Lipinski definition) is 2. The van der Waals surface area contributed by atoms with Crippen LogP contribution in [0.2, 0.25) is 0 Å². The van der Waals surface area contributed by atoms with Crippen molar-refractivity contribution >= 4 is 5.97 Å². The highest BCUT2D eigenvalue weighted by Crippen LogP contribution is 2.08. The van der Waals surface area contributed by atoms with Gasteiger partial charge in [0.25, 0.3) is 0 Å². The van der Waals surface area contributed by atoms with Crippen molar-refractivity contribution in [3.8, 4) is 0 Å². The van der Waals surface area contributed by atoms with Crippen LogP contribution in [0.5, 0.6) is 0 Å². The summed E-state index contributed by atoms with van der Waals surface area (Å²) in [6.45, 7) is 6.19. The molecule has 16 heavy (non-hydrogen) atoms. The van der Waals surface area contributed by atoms with Crippen LogP contribution in [0.3, 0.4) is 0 Å². The van der Waals surface area contributed by atoms with E-state index >= 15 is 0 Å². The molecule has 0 aliphatic heterocycles. The first kappa shape index (κ1) is 15.2. The Morgan fingerprint density at radius 1 is 1.06 bits per heavy atom. The van der Waals surface area contributed by atoms with Crippen LogP contribution in [0.1, 0.15) is 58.3 Å². The lowest BCUT2D eigenvalue weighted by atomic mass is 10.1. The number of hydrogen-bond donors (Lipinski definition) is 0. The van der Waals surface area contributed by atoms with Gasteiger partial charge in [0.05, 0.1) is 6.61 Å². The molecule has 0 rings (SSSR count). The quantitative estimate of drug-likeness (QED) is 0.318. The van der Waals surface area contributed by atoms with E-state index < -0.39 is 0 Å². The fourth-order valence-corrected chi connectivity index (χ4v) is 1.52. The Hall–Kier alpha value is -0.790. The number of esters is 1. The number of carbonyl (C=O) groups is 1. The number of carbonyl (C=O) groups excluding carboxylic acids is 1. The van der Waals surface area contributed by atoms with Gasteiger partial charge in [0.15, 0.2) is 0 Å². The summed E-state index contributed by atoms with van der Waals surface area (Å²) in [7, 11) is 0. The van der Waals surface area contributed by atoms with Crippen LogP contribution in [0.4, 0.5) is 0 Å². The Labute approximate surface area is 100 Å². The highest BCUT2D eigenvalue weighted by Gasteiger charge is 1.95. The van der Waals surface area contributed by atoms with Gasteiger partial charge in [-0.25, -0.2) is 4.79 Å². The zero-order valence-corrected chi connectivity index (χ0v) is 10.5. The summed E-state index contributed by atoms with van der Waals surface area (Å²) in [6.07, 6.45) is 12.8. The van der Waals surface area contributed by atoms with Gasteiger partial charge < -0.3 is 4.74 Å². The van der Waals surface area contributed by atoms with Gasteiger partial charge in [-0.05, 0) is 13.3 Å². The van der Waals surface area contributed by atoms with Crippen molar-refractivity contribution in [3.05, 3.63) is 19.1 Å². The van der Waals surface area contributed by atoms with Crippen LogP contribution in [0.25, 0.3) is 0 Å². The minimum atomic E-state index is -0.224. The highest BCUT2D eigenvalue weighted by molar-refractivity contribution is 5.81. The van der Waals surface area contributed by atoms with Crippen molar-refractivity contribution in [2.75, 3.05) is 6.61 Å². The smallest absolute Gasteiger partial charge is 0.330 e. The maximum Gasteiger partial charge on any atom is 0.330 e. The molecule has 0 unspecified atom stereocenters. The first-order valence-corrected chi connectivity index (χ1v) is 6.40. The predicted octanol–water partition coefficient (Wildman–Crippen LogP) is 4.06. The lowest BCUT2D eigenvalue weighted by molar-refractivity contribution is -0.137. The Kier molecular flexibility index (Phi) is 11.7.